The Balaban J connectivity index is 1.44. The van der Waals surface area contributed by atoms with Crippen LogP contribution in [-0.2, 0) is 4.79 Å². The van der Waals surface area contributed by atoms with Crippen LogP contribution in [0.25, 0.3) is 16.7 Å². The van der Waals surface area contributed by atoms with Gasteiger partial charge in [-0.25, -0.2) is 9.67 Å². The normalized spacial score (nSPS) is 15.2. The molecule has 0 fully saturated rings. The summed E-state index contributed by atoms with van der Waals surface area (Å²) in [5.74, 6) is 0.480. The zero-order valence-corrected chi connectivity index (χ0v) is 19.1. The number of amides is 1. The van der Waals surface area contributed by atoms with Crippen LogP contribution < -0.4 is 10.9 Å². The number of anilines is 1. The molecule has 1 aliphatic rings. The third kappa shape index (κ3) is 3.69. The molecule has 5 rings (SSSR count). The number of rotatable bonds is 4. The molecule has 0 bridgehead atoms. The molecule has 1 aliphatic heterocycles. The molecule has 0 saturated heterocycles. The Labute approximate surface area is 193 Å². The molecule has 7 nitrogen and oxygen atoms in total. The van der Waals surface area contributed by atoms with Crippen LogP contribution in [-0.4, -0.2) is 31.0 Å². The maximum atomic E-state index is 13.3. The van der Waals surface area contributed by atoms with Crippen molar-refractivity contribution in [2.75, 3.05) is 11.1 Å². The van der Waals surface area contributed by atoms with E-state index in [1.54, 1.807) is 21.4 Å². The van der Waals surface area contributed by atoms with E-state index in [1.807, 2.05) is 44.2 Å². The van der Waals surface area contributed by atoms with Crippen LogP contribution >= 0.6 is 23.4 Å². The Kier molecular flexibility index (Phi) is 5.27. The minimum absolute atomic E-state index is 0.131. The zero-order chi connectivity index (χ0) is 22.4. The van der Waals surface area contributed by atoms with Crippen molar-refractivity contribution in [1.29, 1.82) is 0 Å². The second-order valence-electron chi connectivity index (χ2n) is 7.86. The highest BCUT2D eigenvalue weighted by molar-refractivity contribution is 7.99. The van der Waals surface area contributed by atoms with E-state index in [1.165, 1.54) is 23.5 Å². The van der Waals surface area contributed by atoms with E-state index in [0.717, 1.165) is 16.9 Å². The largest absolute Gasteiger partial charge is 0.326 e. The quantitative estimate of drug-likeness (QED) is 0.448. The fraction of sp³-hybridized carbons (Fsp3) is 0.217. The first-order valence-electron chi connectivity index (χ1n) is 10.2. The van der Waals surface area contributed by atoms with Gasteiger partial charge in [-0.15, -0.1) is 0 Å². The van der Waals surface area contributed by atoms with Crippen LogP contribution in [0.1, 0.15) is 23.6 Å². The lowest BCUT2D eigenvalue weighted by Gasteiger charge is -2.14. The van der Waals surface area contributed by atoms with Crippen LogP contribution in [0.4, 0.5) is 5.69 Å². The van der Waals surface area contributed by atoms with Crippen molar-refractivity contribution in [2.24, 2.45) is 0 Å². The van der Waals surface area contributed by atoms with Crippen molar-refractivity contribution in [1.82, 2.24) is 19.3 Å². The van der Waals surface area contributed by atoms with Gasteiger partial charge in [-0.1, -0.05) is 35.5 Å². The maximum Gasteiger partial charge on any atom is 0.265 e. The van der Waals surface area contributed by atoms with Gasteiger partial charge in [0, 0.05) is 22.9 Å². The monoisotopic (exact) mass is 465 g/mol. The number of hydrogen-bond acceptors (Lipinski definition) is 5. The number of nitrogens with zero attached hydrogens (tertiary/aromatic N) is 4. The molecule has 9 heteroatoms. The van der Waals surface area contributed by atoms with Gasteiger partial charge in [0.2, 0.25) is 5.91 Å². The predicted molar refractivity (Wildman–Crippen MR) is 127 cm³/mol. The van der Waals surface area contributed by atoms with E-state index in [-0.39, 0.29) is 23.9 Å². The minimum atomic E-state index is -0.263. The Bertz CT molecular complexity index is 1430. The average molecular weight is 466 g/mol. The van der Waals surface area contributed by atoms with Crippen molar-refractivity contribution in [3.8, 4) is 5.69 Å². The number of carbonyl (C=O) groups is 1. The summed E-state index contributed by atoms with van der Waals surface area (Å²) >= 11 is 7.58. The topological polar surface area (TPSA) is 81.8 Å². The molecule has 1 unspecified atom stereocenters. The maximum absolute atomic E-state index is 13.3. The minimum Gasteiger partial charge on any atom is -0.326 e. The molecular formula is C23H20ClN5O2S. The SMILES string of the molecule is Cc1ccc(NC(=O)CC2CSc3nc4c(cnn4-c4cccc(Cl)c4)c(=O)n32)cc1C. The number of hydrogen-bond donors (Lipinski definition) is 1. The van der Waals surface area contributed by atoms with Gasteiger partial charge < -0.3 is 5.32 Å². The average Bonchev–Trinajstić information content (AvgIpc) is 3.36. The van der Waals surface area contributed by atoms with E-state index in [2.05, 4.69) is 10.4 Å². The first-order chi connectivity index (χ1) is 15.4. The summed E-state index contributed by atoms with van der Waals surface area (Å²) in [6, 6.07) is 12.8. The van der Waals surface area contributed by atoms with Crippen molar-refractivity contribution >= 4 is 46.0 Å². The van der Waals surface area contributed by atoms with Crippen LogP contribution in [0.3, 0.4) is 0 Å². The first-order valence-corrected chi connectivity index (χ1v) is 11.5. The number of aromatic nitrogens is 4. The number of thioether (sulfide) groups is 1. The summed E-state index contributed by atoms with van der Waals surface area (Å²) in [5, 5.41) is 8.88. The third-order valence-corrected chi connectivity index (χ3v) is 6.97. The third-order valence-electron chi connectivity index (χ3n) is 5.64. The molecule has 32 heavy (non-hydrogen) atoms. The van der Waals surface area contributed by atoms with E-state index in [4.69, 9.17) is 16.6 Å². The highest BCUT2D eigenvalue weighted by Gasteiger charge is 2.29. The van der Waals surface area contributed by atoms with Gasteiger partial charge >= 0.3 is 0 Å². The van der Waals surface area contributed by atoms with Gasteiger partial charge in [-0.2, -0.15) is 5.10 Å². The summed E-state index contributed by atoms with van der Waals surface area (Å²) in [5.41, 5.74) is 4.07. The fourth-order valence-electron chi connectivity index (χ4n) is 3.82. The van der Waals surface area contributed by atoms with Gasteiger partial charge in [0.05, 0.1) is 17.9 Å². The van der Waals surface area contributed by atoms with Crippen LogP contribution in [0.5, 0.6) is 0 Å². The summed E-state index contributed by atoms with van der Waals surface area (Å²) < 4.78 is 3.24. The lowest BCUT2D eigenvalue weighted by molar-refractivity contribution is -0.116. The molecule has 0 aliphatic carbocycles. The molecule has 1 amide bonds. The predicted octanol–water partition coefficient (Wildman–Crippen LogP) is 4.53. The number of aryl methyl sites for hydroxylation is 2. The van der Waals surface area contributed by atoms with Gasteiger partial charge in [0.25, 0.3) is 5.56 Å². The number of benzene rings is 2. The molecule has 3 heterocycles. The standard InChI is InChI=1S/C23H20ClN5O2S/c1-13-6-7-16(8-14(13)2)26-20(30)10-18-12-32-23-27-21-19(22(31)28(18)23)11-25-29(21)17-5-3-4-15(24)9-17/h3-9,11,18H,10,12H2,1-2H3,(H,26,30). The van der Waals surface area contributed by atoms with Crippen LogP contribution in [0.15, 0.2) is 58.6 Å². The van der Waals surface area contributed by atoms with Gasteiger partial charge in [-0.05, 0) is 55.3 Å². The van der Waals surface area contributed by atoms with Gasteiger partial charge in [0.15, 0.2) is 10.8 Å². The molecular weight excluding hydrogens is 446 g/mol. The lowest BCUT2D eigenvalue weighted by atomic mass is 10.1. The van der Waals surface area contributed by atoms with Crippen molar-refractivity contribution in [3.63, 3.8) is 0 Å². The van der Waals surface area contributed by atoms with Crippen molar-refractivity contribution in [2.45, 2.75) is 31.5 Å². The second-order valence-corrected chi connectivity index (χ2v) is 9.28. The number of fused-ring (bicyclic) bond motifs is 2. The molecule has 1 N–H and O–H groups in total. The highest BCUT2D eigenvalue weighted by atomic mass is 35.5. The molecule has 1 atom stereocenters. The van der Waals surface area contributed by atoms with Crippen LogP contribution in [0, 0.1) is 13.8 Å². The van der Waals surface area contributed by atoms with Gasteiger partial charge in [-0.3, -0.25) is 14.2 Å². The smallest absolute Gasteiger partial charge is 0.265 e. The van der Waals surface area contributed by atoms with E-state index in [0.29, 0.717) is 27.0 Å². The fourth-order valence-corrected chi connectivity index (χ4v) is 5.14. The van der Waals surface area contributed by atoms with Crippen molar-refractivity contribution < 1.29 is 4.79 Å². The Morgan fingerprint density at radius 3 is 2.84 bits per heavy atom. The summed E-state index contributed by atoms with van der Waals surface area (Å²) in [7, 11) is 0. The summed E-state index contributed by atoms with van der Waals surface area (Å²) in [4.78, 5) is 30.6. The number of halogens is 1. The molecule has 0 spiro atoms. The molecule has 2 aromatic heterocycles. The zero-order valence-electron chi connectivity index (χ0n) is 17.5. The van der Waals surface area contributed by atoms with E-state index < -0.39 is 0 Å². The second kappa shape index (κ2) is 8.11. The molecule has 0 radical (unpaired) electrons. The van der Waals surface area contributed by atoms with Crippen LogP contribution in [0.2, 0.25) is 5.02 Å². The molecule has 2 aromatic carbocycles. The Hall–Kier alpha value is -3.10. The highest BCUT2D eigenvalue weighted by Crippen LogP contribution is 2.33. The van der Waals surface area contributed by atoms with E-state index in [9.17, 15) is 9.59 Å². The molecule has 4 aromatic rings. The Morgan fingerprint density at radius 2 is 2.06 bits per heavy atom. The van der Waals surface area contributed by atoms with Crippen molar-refractivity contribution in [3.05, 3.63) is 75.2 Å². The summed E-state index contributed by atoms with van der Waals surface area (Å²) in [6.45, 7) is 4.04. The van der Waals surface area contributed by atoms with E-state index >= 15 is 0 Å². The van der Waals surface area contributed by atoms with Gasteiger partial charge in [0.1, 0.15) is 5.39 Å². The Morgan fingerprint density at radius 1 is 1.22 bits per heavy atom. The lowest BCUT2D eigenvalue weighted by Crippen LogP contribution is -2.27. The molecule has 0 saturated carbocycles. The number of carbonyl (C=O) groups excluding carboxylic acids is 1. The first kappa shape index (κ1) is 20.8. The molecule has 162 valence electrons. The summed E-state index contributed by atoms with van der Waals surface area (Å²) in [6.07, 6.45) is 1.72. The number of nitrogens with one attached hydrogen (secondary N) is 1.